The largest absolute Gasteiger partial charge is 0.503 e. The zero-order valence-electron chi connectivity index (χ0n) is 13.1. The lowest BCUT2D eigenvalue weighted by atomic mass is 10.2. The highest BCUT2D eigenvalue weighted by molar-refractivity contribution is 5.29. The molecule has 21 heavy (non-hydrogen) atoms. The first-order valence-electron chi connectivity index (χ1n) is 7.77. The normalized spacial score (nSPS) is 16.9. The lowest BCUT2D eigenvalue weighted by molar-refractivity contribution is 0.182. The van der Waals surface area contributed by atoms with Gasteiger partial charge in [0.05, 0.1) is 12.3 Å². The van der Waals surface area contributed by atoms with Crippen LogP contribution in [0.4, 0.5) is 0 Å². The summed E-state index contributed by atoms with van der Waals surface area (Å²) in [6.07, 6.45) is 4.92. The van der Waals surface area contributed by atoms with Gasteiger partial charge in [0, 0.05) is 32.0 Å². The molecule has 1 aliphatic rings. The molecule has 2 heterocycles. The summed E-state index contributed by atoms with van der Waals surface area (Å²) >= 11 is 0. The lowest BCUT2D eigenvalue weighted by Gasteiger charge is -2.24. The predicted octanol–water partition coefficient (Wildman–Crippen LogP) is 1.88. The average molecular weight is 294 g/mol. The molecule has 0 radical (unpaired) electrons. The van der Waals surface area contributed by atoms with E-state index in [2.05, 4.69) is 4.90 Å². The summed E-state index contributed by atoms with van der Waals surface area (Å²) < 4.78 is 7.15. The van der Waals surface area contributed by atoms with Crippen molar-refractivity contribution in [2.24, 2.45) is 0 Å². The van der Waals surface area contributed by atoms with Crippen molar-refractivity contribution >= 4 is 0 Å². The molecule has 1 aliphatic heterocycles. The first kappa shape index (κ1) is 16.0. The Bertz CT molecular complexity index is 517. The van der Waals surface area contributed by atoms with Crippen molar-refractivity contribution in [3.05, 3.63) is 27.7 Å². The van der Waals surface area contributed by atoms with E-state index >= 15 is 0 Å². The van der Waals surface area contributed by atoms with E-state index in [1.54, 1.807) is 7.11 Å². The van der Waals surface area contributed by atoms with E-state index in [9.17, 15) is 9.90 Å². The highest BCUT2D eigenvalue weighted by Crippen LogP contribution is 2.19. The molecule has 0 amide bonds. The van der Waals surface area contributed by atoms with Crippen LogP contribution in [0, 0.1) is 6.92 Å². The summed E-state index contributed by atoms with van der Waals surface area (Å²) in [5.74, 6) is -0.110. The van der Waals surface area contributed by atoms with Crippen molar-refractivity contribution in [1.82, 2.24) is 9.47 Å². The van der Waals surface area contributed by atoms with Crippen LogP contribution in [0.3, 0.4) is 0 Å². The maximum Gasteiger partial charge on any atom is 0.223 e. The number of rotatable bonds is 5. The third kappa shape index (κ3) is 4.08. The molecular formula is C16H26N2O3. The molecule has 0 spiro atoms. The van der Waals surface area contributed by atoms with Crippen LogP contribution in [-0.2, 0) is 17.8 Å². The average Bonchev–Trinajstić information content (AvgIpc) is 2.72. The molecule has 0 aromatic carbocycles. The number of aryl methyl sites for hydroxylation is 1. The fraction of sp³-hybridized carbons (Fsp3) is 0.688. The van der Waals surface area contributed by atoms with Gasteiger partial charge in [-0.15, -0.1) is 0 Å². The number of hydrogen-bond acceptors (Lipinski definition) is 4. The third-order valence-electron chi connectivity index (χ3n) is 4.19. The minimum absolute atomic E-state index is 0.110. The summed E-state index contributed by atoms with van der Waals surface area (Å²) in [7, 11) is 1.66. The van der Waals surface area contributed by atoms with E-state index in [1.807, 2.05) is 11.5 Å². The van der Waals surface area contributed by atoms with E-state index in [0.717, 1.165) is 24.5 Å². The van der Waals surface area contributed by atoms with Gasteiger partial charge in [0.1, 0.15) is 0 Å². The van der Waals surface area contributed by atoms with E-state index in [4.69, 9.17) is 4.74 Å². The summed E-state index contributed by atoms with van der Waals surface area (Å²) in [4.78, 5) is 14.2. The number of aromatic nitrogens is 1. The number of likely N-dealkylation sites (tertiary alicyclic amines) is 1. The van der Waals surface area contributed by atoms with Crippen LogP contribution < -0.4 is 5.43 Å². The number of pyridine rings is 1. The van der Waals surface area contributed by atoms with Crippen LogP contribution in [0.2, 0.25) is 0 Å². The molecule has 2 rings (SSSR count). The van der Waals surface area contributed by atoms with Crippen LogP contribution in [-0.4, -0.2) is 41.4 Å². The molecule has 118 valence electrons. The topological polar surface area (TPSA) is 54.7 Å². The van der Waals surface area contributed by atoms with Crippen molar-refractivity contribution in [2.75, 3.05) is 26.8 Å². The molecule has 0 unspecified atom stereocenters. The van der Waals surface area contributed by atoms with Gasteiger partial charge >= 0.3 is 0 Å². The standard InChI is InChI=1S/C16H26N2O3/c1-13-11-15(19)16(20)14(18(13)9-10-21-2)12-17-7-5-3-4-6-8-17/h11,20H,3-10,12H2,1-2H3. The van der Waals surface area contributed by atoms with Crippen molar-refractivity contribution in [1.29, 1.82) is 0 Å². The zero-order chi connectivity index (χ0) is 15.2. The van der Waals surface area contributed by atoms with Gasteiger partial charge < -0.3 is 14.4 Å². The first-order chi connectivity index (χ1) is 10.1. The Balaban J connectivity index is 2.28. The number of ether oxygens (including phenoxy) is 1. The molecular weight excluding hydrogens is 268 g/mol. The molecule has 0 bridgehead atoms. The molecule has 1 N–H and O–H groups in total. The van der Waals surface area contributed by atoms with Crippen molar-refractivity contribution in [2.45, 2.75) is 45.7 Å². The van der Waals surface area contributed by atoms with Gasteiger partial charge in [0.2, 0.25) is 5.43 Å². The smallest absolute Gasteiger partial charge is 0.223 e. The van der Waals surface area contributed by atoms with Gasteiger partial charge in [0.15, 0.2) is 5.75 Å². The van der Waals surface area contributed by atoms with Gasteiger partial charge in [-0.1, -0.05) is 12.8 Å². The summed E-state index contributed by atoms with van der Waals surface area (Å²) in [5, 5.41) is 10.2. The molecule has 1 fully saturated rings. The monoisotopic (exact) mass is 294 g/mol. The number of nitrogens with zero attached hydrogens (tertiary/aromatic N) is 2. The van der Waals surface area contributed by atoms with Crippen molar-refractivity contribution < 1.29 is 9.84 Å². The molecule has 0 saturated carbocycles. The molecule has 1 saturated heterocycles. The fourth-order valence-corrected chi connectivity index (χ4v) is 2.98. The zero-order valence-corrected chi connectivity index (χ0v) is 13.1. The number of hydrogen-bond donors (Lipinski definition) is 1. The third-order valence-corrected chi connectivity index (χ3v) is 4.19. The van der Waals surface area contributed by atoms with Crippen LogP contribution in [0.5, 0.6) is 5.75 Å². The lowest BCUT2D eigenvalue weighted by Crippen LogP contribution is -2.28. The summed E-state index contributed by atoms with van der Waals surface area (Å²) in [5.41, 5.74) is 1.31. The van der Waals surface area contributed by atoms with Gasteiger partial charge in [-0.05, 0) is 32.9 Å². The van der Waals surface area contributed by atoms with Crippen LogP contribution in [0.1, 0.15) is 37.1 Å². The summed E-state index contributed by atoms with van der Waals surface area (Å²) in [6.45, 7) is 5.82. The Morgan fingerprint density at radius 1 is 1.24 bits per heavy atom. The van der Waals surface area contributed by atoms with Crippen LogP contribution in [0.15, 0.2) is 10.9 Å². The quantitative estimate of drug-likeness (QED) is 0.901. The maximum absolute atomic E-state index is 11.9. The second-order valence-corrected chi connectivity index (χ2v) is 5.78. The Morgan fingerprint density at radius 3 is 2.52 bits per heavy atom. The Hall–Kier alpha value is -1.33. The van der Waals surface area contributed by atoms with E-state index in [-0.39, 0.29) is 11.2 Å². The minimum Gasteiger partial charge on any atom is -0.503 e. The molecule has 0 aliphatic carbocycles. The maximum atomic E-state index is 11.9. The molecule has 1 aromatic heterocycles. The van der Waals surface area contributed by atoms with E-state index < -0.39 is 0 Å². The van der Waals surface area contributed by atoms with Crippen molar-refractivity contribution in [3.8, 4) is 5.75 Å². The van der Waals surface area contributed by atoms with Gasteiger partial charge in [-0.25, -0.2) is 0 Å². The molecule has 5 nitrogen and oxygen atoms in total. The number of methoxy groups -OCH3 is 1. The predicted molar refractivity (Wildman–Crippen MR) is 82.7 cm³/mol. The van der Waals surface area contributed by atoms with Gasteiger partial charge in [0.25, 0.3) is 0 Å². The first-order valence-corrected chi connectivity index (χ1v) is 7.77. The SMILES string of the molecule is COCCn1c(C)cc(=O)c(O)c1CN1CCCCCC1. The van der Waals surface area contributed by atoms with Crippen LogP contribution >= 0.6 is 0 Å². The van der Waals surface area contributed by atoms with E-state index in [1.165, 1.54) is 31.7 Å². The fourth-order valence-electron chi connectivity index (χ4n) is 2.98. The molecule has 0 atom stereocenters. The van der Waals surface area contributed by atoms with Crippen molar-refractivity contribution in [3.63, 3.8) is 0 Å². The second-order valence-electron chi connectivity index (χ2n) is 5.78. The van der Waals surface area contributed by atoms with Crippen LogP contribution in [0.25, 0.3) is 0 Å². The Kier molecular flexibility index (Phi) is 5.82. The highest BCUT2D eigenvalue weighted by atomic mass is 16.5. The molecule has 1 aromatic rings. The Labute approximate surface area is 126 Å². The summed E-state index contributed by atoms with van der Waals surface area (Å²) in [6, 6.07) is 1.50. The minimum atomic E-state index is -0.286. The number of aromatic hydroxyl groups is 1. The van der Waals surface area contributed by atoms with Gasteiger partial charge in [-0.3, -0.25) is 9.69 Å². The second kappa shape index (κ2) is 7.61. The van der Waals surface area contributed by atoms with Gasteiger partial charge in [-0.2, -0.15) is 0 Å². The van der Waals surface area contributed by atoms with E-state index in [0.29, 0.717) is 19.7 Å². The Morgan fingerprint density at radius 2 is 1.90 bits per heavy atom. The molecule has 5 heteroatoms. The highest BCUT2D eigenvalue weighted by Gasteiger charge is 2.17.